The second-order valence-corrected chi connectivity index (χ2v) is 34.9. The van der Waals surface area contributed by atoms with E-state index < -0.39 is 120 Å². The van der Waals surface area contributed by atoms with Gasteiger partial charge in [0.2, 0.25) is 23.6 Å². The Morgan fingerprint density at radius 3 is 0.924 bits per heavy atom. The zero-order valence-electron chi connectivity index (χ0n) is 70.6. The number of nitrogens with zero attached hydrogens (tertiary/aromatic N) is 4. The lowest BCUT2D eigenvalue weighted by Crippen LogP contribution is -2.56. The van der Waals surface area contributed by atoms with Crippen molar-refractivity contribution in [1.29, 1.82) is 0 Å². The van der Waals surface area contributed by atoms with Gasteiger partial charge in [-0.15, -0.1) is 11.8 Å². The Balaban J connectivity index is 0.000000217. The molecule has 4 aliphatic carbocycles. The third-order valence-corrected chi connectivity index (χ3v) is 26.0. The van der Waals surface area contributed by atoms with Crippen molar-refractivity contribution in [3.05, 3.63) is 71.8 Å². The van der Waals surface area contributed by atoms with Crippen molar-refractivity contribution in [3.63, 3.8) is 0 Å². The summed E-state index contributed by atoms with van der Waals surface area (Å²) >= 11 is 1.13. The summed E-state index contributed by atoms with van der Waals surface area (Å²) in [7, 11) is 0. The minimum absolute atomic E-state index is 0.00306. The molecule has 30 nitrogen and oxygen atoms in total. The molecule has 658 valence electrons. The summed E-state index contributed by atoms with van der Waals surface area (Å²) in [5.74, 6) is -6.86. The maximum absolute atomic E-state index is 13.4. The van der Waals surface area contributed by atoms with E-state index in [9.17, 15) is 93.0 Å². The number of thioether (sulfide) groups is 1. The largest absolute Gasteiger partial charge is 0.480 e. The fraction of sp³-hybridized carbons (Fsp3) is 0.713. The first kappa shape index (κ1) is 96.9. The van der Waals surface area contributed by atoms with Crippen molar-refractivity contribution >= 4 is 89.1 Å². The van der Waals surface area contributed by atoms with Crippen LogP contribution in [0.25, 0.3) is 0 Å². The number of hydrogen-bond acceptors (Lipinski definition) is 21. The van der Waals surface area contributed by atoms with Crippen molar-refractivity contribution in [3.8, 4) is 0 Å². The summed E-state index contributed by atoms with van der Waals surface area (Å²) in [4.78, 5) is 166. The van der Waals surface area contributed by atoms with E-state index in [0.29, 0.717) is 63.7 Å². The molecule has 31 heteroatoms. The van der Waals surface area contributed by atoms with E-state index in [1.165, 1.54) is 9.80 Å². The second-order valence-electron chi connectivity index (χ2n) is 33.5. The first-order chi connectivity index (χ1) is 56.2. The van der Waals surface area contributed by atoms with Gasteiger partial charge in [0.15, 0.2) is 0 Å². The van der Waals surface area contributed by atoms with E-state index in [-0.39, 0.29) is 109 Å². The Bertz CT molecular complexity index is 3660. The van der Waals surface area contributed by atoms with Gasteiger partial charge in [0, 0.05) is 29.9 Å². The van der Waals surface area contributed by atoms with Crippen molar-refractivity contribution in [2.45, 2.75) is 338 Å². The van der Waals surface area contributed by atoms with Crippen LogP contribution < -0.4 is 21.3 Å². The van der Waals surface area contributed by atoms with Crippen LogP contribution >= 0.6 is 11.8 Å². The Morgan fingerprint density at radius 1 is 0.364 bits per heavy atom. The molecule has 0 bridgehead atoms. The van der Waals surface area contributed by atoms with Gasteiger partial charge in [-0.1, -0.05) is 126 Å². The van der Waals surface area contributed by atoms with E-state index >= 15 is 0 Å². The molecule has 118 heavy (non-hydrogen) atoms. The van der Waals surface area contributed by atoms with Crippen LogP contribution in [0.5, 0.6) is 0 Å². The summed E-state index contributed by atoms with van der Waals surface area (Å²) < 4.78 is 15.3. The van der Waals surface area contributed by atoms with Gasteiger partial charge in [-0.05, 0) is 212 Å². The van der Waals surface area contributed by atoms with Crippen LogP contribution in [0.1, 0.15) is 234 Å². The molecular formula is C87H132N8O22S. The van der Waals surface area contributed by atoms with E-state index in [1.807, 2.05) is 60.7 Å². The first-order valence-electron chi connectivity index (χ1n) is 43.1. The normalized spacial score (nSPS) is 25.9. The molecule has 10 N–H and O–H groups in total. The Morgan fingerprint density at radius 2 is 0.636 bits per heavy atom. The molecule has 10 rings (SSSR count). The lowest BCUT2D eigenvalue weighted by molar-refractivity contribution is -0.152. The van der Waals surface area contributed by atoms with Gasteiger partial charge in [0.1, 0.15) is 48.3 Å². The number of benzene rings is 2. The summed E-state index contributed by atoms with van der Waals surface area (Å²) in [6.07, 6.45) is 21.0. The highest BCUT2D eigenvalue weighted by Gasteiger charge is 2.53. The number of aliphatic carboxylic acids is 6. The fourth-order valence-corrected chi connectivity index (χ4v) is 19.8. The van der Waals surface area contributed by atoms with Crippen molar-refractivity contribution in [2.75, 3.05) is 25.6 Å². The first-order valence-corrected chi connectivity index (χ1v) is 44.2. The highest BCUT2D eigenvalue weighted by molar-refractivity contribution is 8.00. The molecule has 4 aliphatic heterocycles. The molecule has 8 fully saturated rings. The van der Waals surface area contributed by atoms with Gasteiger partial charge in [-0.3, -0.25) is 64.4 Å². The number of amides is 4. The van der Waals surface area contributed by atoms with Crippen LogP contribution in [-0.4, -0.2) is 255 Å². The number of esters is 3. The number of ether oxygens (including phenoxy) is 3. The van der Waals surface area contributed by atoms with E-state index in [1.54, 1.807) is 65.2 Å². The predicted octanol–water partition coefficient (Wildman–Crippen LogP) is 8.99. The smallest absolute Gasteiger partial charge is 0.326 e. The molecule has 1 unspecified atom stereocenters. The van der Waals surface area contributed by atoms with Crippen molar-refractivity contribution < 1.29 is 107 Å². The third kappa shape index (κ3) is 27.1. The SMILES string of the molecule is CCOC(=O)C(C)SC[C@H](N[C@@H](C)C(=O)N1[C@H](C(=O)O)C[C@@H]2CCCC[C@@H]21)C(=O)O.CCOC(=O)[C@H](CCC(C)C)N[C@@H](C)C(=O)N1[C@H](C(=O)O)C[C@@H]2CCCC[C@@H]21.CCOC(=O)[C@H](CCc1ccccc1)N[C@@H](C)C(=O)N1[C@H](C(=O)O)C[C@@H]2CCCC[C@@H]21.C[C@H](N[C@@H](CCc1ccccc1)C(=O)O)C(=O)N1[C@H](C(=O)O)C[C@@H]2CCCC[C@@H]21. The monoisotopic (exact) mass is 1670 g/mol. The minimum atomic E-state index is -1.13. The molecule has 2 aromatic rings. The molecule has 21 atom stereocenters. The molecule has 4 amide bonds. The average molecular weight is 1670 g/mol. The minimum Gasteiger partial charge on any atom is -0.480 e. The maximum Gasteiger partial charge on any atom is 0.326 e. The molecule has 4 saturated carbocycles. The number of carbonyl (C=O) groups excluding carboxylic acids is 7. The van der Waals surface area contributed by atoms with Crippen LogP contribution in [0, 0.1) is 29.6 Å². The number of carboxylic acid groups (broad SMARTS) is 6. The summed E-state index contributed by atoms with van der Waals surface area (Å²) in [6.45, 7) is 18.5. The van der Waals surface area contributed by atoms with Crippen LogP contribution in [0.3, 0.4) is 0 Å². The number of likely N-dealkylation sites (tertiary alicyclic amines) is 4. The Hall–Kier alpha value is -8.26. The quantitative estimate of drug-likeness (QED) is 0.0224. The highest BCUT2D eigenvalue weighted by Crippen LogP contribution is 2.44. The summed E-state index contributed by atoms with van der Waals surface area (Å²) in [5.41, 5.74) is 2.14. The van der Waals surface area contributed by atoms with Crippen molar-refractivity contribution in [2.24, 2.45) is 29.6 Å². The second kappa shape index (κ2) is 47.7. The molecular weight excluding hydrogens is 1540 g/mol. The lowest BCUT2D eigenvalue weighted by atomic mass is 9.84. The van der Waals surface area contributed by atoms with Crippen LogP contribution in [-0.2, 0) is 89.4 Å². The van der Waals surface area contributed by atoms with E-state index in [4.69, 9.17) is 14.2 Å². The van der Waals surface area contributed by atoms with Crippen LogP contribution in [0.4, 0.5) is 0 Å². The van der Waals surface area contributed by atoms with Gasteiger partial charge >= 0.3 is 53.7 Å². The van der Waals surface area contributed by atoms with Crippen molar-refractivity contribution in [1.82, 2.24) is 40.9 Å². The van der Waals surface area contributed by atoms with Gasteiger partial charge < -0.3 is 64.4 Å². The predicted molar refractivity (Wildman–Crippen MR) is 441 cm³/mol. The number of rotatable bonds is 36. The number of aryl methyl sites for hydroxylation is 2. The Labute approximate surface area is 698 Å². The third-order valence-electron chi connectivity index (χ3n) is 24.8. The lowest BCUT2D eigenvalue weighted by Gasteiger charge is -2.35. The number of fused-ring (bicyclic) bond motifs is 4. The standard InChI is InChI=1S/C24H34N2O5.C22H30N2O5.C21H36N2O5.C20H32N2O7S/c1-3-31-24(30)19(14-13-17-9-5-4-6-10-17)25-16(2)22(27)26-20-12-8-7-11-18(20)15-21(26)23(28)29;1-14(23-17(21(26)27)12-11-15-7-3-2-4-8-15)20(25)24-18-10-6-5-9-16(18)13-19(24)22(28)29;1-5-28-21(27)16(11-10-13(2)3)22-14(4)19(24)23-17-9-7-6-8-15(17)12-18(23)20(25)26;1-4-29-20(28)12(3)30-10-14(18(24)25)21-11(2)17(23)22-15-8-6-5-7-13(15)9-16(22)19(26)27/h4-6,9-10,16,18-21,25H,3,7-8,11-15H2,1-2H3,(H,28,29);2-4,7-8,14,16-19,23H,5-6,9-13H2,1H3,(H,26,27)(H,28,29);13-18,22H,5-12H2,1-4H3,(H,25,26);11-16,21H,4-10H2,1-3H3,(H,24,25)(H,26,27)/t16-,18-,19-,20-,21-;14-,16-,17-,18-,19-;14-,15-,16-,17-,18-;11-,12?,13-,14-,15-,16-/m0000/s1. The number of carbonyl (C=O) groups is 13. The topological polar surface area (TPSA) is 432 Å². The molecule has 0 radical (unpaired) electrons. The maximum atomic E-state index is 13.4. The fourth-order valence-electron chi connectivity index (χ4n) is 18.8. The number of nitrogens with one attached hydrogen (secondary N) is 4. The van der Waals surface area contributed by atoms with Gasteiger partial charge in [0.25, 0.3) is 0 Å². The number of hydrogen-bond donors (Lipinski definition) is 10. The molecule has 4 heterocycles. The zero-order valence-corrected chi connectivity index (χ0v) is 71.4. The van der Waals surface area contributed by atoms with Gasteiger partial charge in [-0.25, -0.2) is 19.2 Å². The van der Waals surface area contributed by atoms with E-state index in [0.717, 1.165) is 132 Å². The average Bonchev–Trinajstić information content (AvgIpc) is 1.65. The highest BCUT2D eigenvalue weighted by atomic mass is 32.2. The summed E-state index contributed by atoms with van der Waals surface area (Å²) in [6, 6.07) is 10.0. The molecule has 0 aromatic heterocycles. The molecule has 2 aromatic carbocycles. The number of carboxylic acids is 6. The van der Waals surface area contributed by atoms with Gasteiger partial charge in [0.05, 0.1) is 49.2 Å². The molecule has 8 aliphatic rings. The summed E-state index contributed by atoms with van der Waals surface area (Å²) in [5, 5.41) is 69.3. The molecule has 4 saturated heterocycles. The molecule has 0 spiro atoms. The van der Waals surface area contributed by atoms with Crippen LogP contribution in [0.2, 0.25) is 0 Å². The van der Waals surface area contributed by atoms with Gasteiger partial charge in [-0.2, -0.15) is 0 Å². The Kier molecular flexibility index (Phi) is 39.1. The van der Waals surface area contributed by atoms with Crippen LogP contribution in [0.15, 0.2) is 60.7 Å². The van der Waals surface area contributed by atoms with E-state index in [2.05, 4.69) is 35.1 Å². The zero-order chi connectivity index (χ0) is 86.6.